The molecule has 2 rings (SSSR count). The monoisotopic (exact) mass is 389 g/mol. The van der Waals surface area contributed by atoms with E-state index in [-0.39, 0.29) is 26.0 Å². The van der Waals surface area contributed by atoms with E-state index < -0.39 is 19.5 Å². The van der Waals surface area contributed by atoms with Crippen LogP contribution in [0.2, 0.25) is 0 Å². The molecule has 1 aromatic rings. The normalized spacial score (nSPS) is 16.8. The fraction of sp³-hybridized carbons (Fsp3) is 0.722. The number of hydrogen-bond donors (Lipinski definition) is 1. The maximum Gasteiger partial charge on any atom is 0.333 e. The van der Waals surface area contributed by atoms with Crippen LogP contribution in [0.4, 0.5) is 0 Å². The molecule has 8 heteroatoms. The van der Waals surface area contributed by atoms with E-state index in [0.29, 0.717) is 16.9 Å². The molecule has 1 N–H and O–H groups in total. The van der Waals surface area contributed by atoms with Crippen LogP contribution in [0.1, 0.15) is 64.5 Å². The SMILES string of the molecule is CC.CCOP(=O)(CC(O)c1cnc(C)c2c1COC(C)(C)O2)OCC. The van der Waals surface area contributed by atoms with Gasteiger partial charge in [0.15, 0.2) is 0 Å². The van der Waals surface area contributed by atoms with E-state index >= 15 is 0 Å². The van der Waals surface area contributed by atoms with Crippen molar-refractivity contribution in [3.8, 4) is 5.75 Å². The number of aromatic nitrogens is 1. The number of pyridine rings is 1. The van der Waals surface area contributed by atoms with Crippen molar-refractivity contribution in [2.75, 3.05) is 19.4 Å². The van der Waals surface area contributed by atoms with Gasteiger partial charge in [-0.3, -0.25) is 9.55 Å². The third-order valence-electron chi connectivity index (χ3n) is 3.67. The molecule has 0 saturated heterocycles. The van der Waals surface area contributed by atoms with Crippen molar-refractivity contribution in [3.05, 3.63) is 23.0 Å². The maximum atomic E-state index is 12.6. The molecule has 1 aliphatic rings. The fourth-order valence-corrected chi connectivity index (χ4v) is 4.28. The van der Waals surface area contributed by atoms with E-state index in [0.717, 1.165) is 5.69 Å². The first-order chi connectivity index (χ1) is 12.2. The predicted molar refractivity (Wildman–Crippen MR) is 101 cm³/mol. The van der Waals surface area contributed by atoms with E-state index in [1.165, 1.54) is 0 Å². The van der Waals surface area contributed by atoms with Gasteiger partial charge in [0.1, 0.15) is 5.75 Å². The van der Waals surface area contributed by atoms with Crippen molar-refractivity contribution < 1.29 is 28.2 Å². The summed E-state index contributed by atoms with van der Waals surface area (Å²) in [5.41, 5.74) is 1.95. The Balaban J connectivity index is 0.00000163. The lowest BCUT2D eigenvalue weighted by atomic mass is 10.0. The minimum absolute atomic E-state index is 0.144. The molecule has 0 aliphatic carbocycles. The minimum atomic E-state index is -3.37. The van der Waals surface area contributed by atoms with Crippen LogP contribution in [0.15, 0.2) is 6.20 Å². The van der Waals surface area contributed by atoms with E-state index in [4.69, 9.17) is 18.5 Å². The van der Waals surface area contributed by atoms with Crippen LogP contribution in [0.3, 0.4) is 0 Å². The average molecular weight is 389 g/mol. The minimum Gasteiger partial charge on any atom is -0.461 e. The number of aliphatic hydroxyl groups excluding tert-OH is 1. The van der Waals surface area contributed by atoms with E-state index in [9.17, 15) is 9.67 Å². The largest absolute Gasteiger partial charge is 0.461 e. The van der Waals surface area contributed by atoms with E-state index in [2.05, 4.69) is 4.98 Å². The van der Waals surface area contributed by atoms with Gasteiger partial charge in [-0.15, -0.1) is 0 Å². The highest BCUT2D eigenvalue weighted by atomic mass is 31.2. The van der Waals surface area contributed by atoms with Gasteiger partial charge in [0.25, 0.3) is 0 Å². The number of aryl methyl sites for hydroxylation is 1. The molecule has 0 radical (unpaired) electrons. The first-order valence-corrected chi connectivity index (χ1v) is 10.8. The molecular formula is C18H32NO6P. The second-order valence-electron chi connectivity index (χ2n) is 6.04. The van der Waals surface area contributed by atoms with Crippen molar-refractivity contribution in [2.24, 2.45) is 0 Å². The van der Waals surface area contributed by atoms with Crippen LogP contribution < -0.4 is 4.74 Å². The highest BCUT2D eigenvalue weighted by Gasteiger charge is 2.34. The number of fused-ring (bicyclic) bond motifs is 1. The third kappa shape index (κ3) is 5.76. The molecule has 1 aromatic heterocycles. The summed E-state index contributed by atoms with van der Waals surface area (Å²) in [4.78, 5) is 4.29. The zero-order valence-corrected chi connectivity index (χ0v) is 17.8. The lowest BCUT2D eigenvalue weighted by Gasteiger charge is -2.34. The van der Waals surface area contributed by atoms with Crippen molar-refractivity contribution in [1.82, 2.24) is 4.98 Å². The summed E-state index contributed by atoms with van der Waals surface area (Å²) < 4.78 is 34.7. The second-order valence-corrected chi connectivity index (χ2v) is 8.15. The number of aliphatic hydroxyl groups is 1. The highest BCUT2D eigenvalue weighted by molar-refractivity contribution is 7.53. The molecule has 2 heterocycles. The molecule has 0 spiro atoms. The Morgan fingerprint density at radius 3 is 2.42 bits per heavy atom. The molecule has 1 aliphatic heterocycles. The maximum absolute atomic E-state index is 12.6. The van der Waals surface area contributed by atoms with Crippen LogP contribution in [-0.2, 0) is 25.0 Å². The fourth-order valence-electron chi connectivity index (χ4n) is 2.59. The van der Waals surface area contributed by atoms with Gasteiger partial charge in [-0.1, -0.05) is 13.8 Å². The molecule has 1 atom stereocenters. The molecule has 0 bridgehead atoms. The topological polar surface area (TPSA) is 87.1 Å². The van der Waals surface area contributed by atoms with Crippen molar-refractivity contribution in [2.45, 2.75) is 67.0 Å². The van der Waals surface area contributed by atoms with Crippen molar-refractivity contribution in [1.29, 1.82) is 0 Å². The summed E-state index contributed by atoms with van der Waals surface area (Å²) in [6.45, 7) is 13.7. The zero-order chi connectivity index (χ0) is 20.0. The lowest BCUT2D eigenvalue weighted by Crippen LogP contribution is -2.36. The summed E-state index contributed by atoms with van der Waals surface area (Å²) in [6, 6.07) is 0. The van der Waals surface area contributed by atoms with Crippen molar-refractivity contribution >= 4 is 7.60 Å². The third-order valence-corrected chi connectivity index (χ3v) is 5.76. The first kappa shape index (κ1) is 23.1. The predicted octanol–water partition coefficient (Wildman–Crippen LogP) is 4.36. The van der Waals surface area contributed by atoms with Gasteiger partial charge in [-0.2, -0.15) is 0 Å². The summed E-state index contributed by atoms with van der Waals surface area (Å²) in [5, 5.41) is 10.6. The van der Waals surface area contributed by atoms with E-state index in [1.807, 2.05) is 34.6 Å². The molecule has 26 heavy (non-hydrogen) atoms. The van der Waals surface area contributed by atoms with Crippen LogP contribution in [0.5, 0.6) is 5.75 Å². The standard InChI is InChI=1S/C16H26NO6P.C2H6/c1-6-21-24(19,22-7-2)10-14(18)12-8-17-11(3)15-13(12)9-20-16(4,5)23-15;1-2/h8,14,18H,6-7,9-10H2,1-5H3;1-2H3. The zero-order valence-electron chi connectivity index (χ0n) is 16.9. The van der Waals surface area contributed by atoms with Gasteiger partial charge < -0.3 is 23.6 Å². The van der Waals surface area contributed by atoms with Crippen LogP contribution in [0.25, 0.3) is 0 Å². The summed E-state index contributed by atoms with van der Waals surface area (Å²) in [5.74, 6) is -0.153. The highest BCUT2D eigenvalue weighted by Crippen LogP contribution is 2.51. The smallest absolute Gasteiger partial charge is 0.333 e. The molecule has 150 valence electrons. The first-order valence-electron chi connectivity index (χ1n) is 9.09. The Labute approximate surface area is 156 Å². The Hall–Kier alpha value is -0.980. The Morgan fingerprint density at radius 1 is 1.31 bits per heavy atom. The Kier molecular flexibility index (Phi) is 8.70. The Morgan fingerprint density at radius 2 is 1.88 bits per heavy atom. The molecule has 0 fully saturated rings. The van der Waals surface area contributed by atoms with Crippen molar-refractivity contribution in [3.63, 3.8) is 0 Å². The Bertz CT molecular complexity index is 624. The number of hydrogen-bond acceptors (Lipinski definition) is 7. The average Bonchev–Trinajstić information content (AvgIpc) is 2.57. The van der Waals surface area contributed by atoms with Gasteiger partial charge in [-0.05, 0) is 20.8 Å². The summed E-state index contributed by atoms with van der Waals surface area (Å²) in [6.07, 6.45) is 0.366. The van der Waals surface area contributed by atoms with E-state index in [1.54, 1.807) is 20.0 Å². The van der Waals surface area contributed by atoms with Gasteiger partial charge in [0, 0.05) is 31.2 Å². The van der Waals surface area contributed by atoms with Gasteiger partial charge >= 0.3 is 7.60 Å². The molecule has 7 nitrogen and oxygen atoms in total. The van der Waals surface area contributed by atoms with Crippen LogP contribution in [-0.4, -0.2) is 35.3 Å². The number of rotatable bonds is 7. The second kappa shape index (κ2) is 9.81. The lowest BCUT2D eigenvalue weighted by molar-refractivity contribution is -0.181. The molecule has 0 aromatic carbocycles. The van der Waals surface area contributed by atoms with Gasteiger partial charge in [0.2, 0.25) is 5.79 Å². The van der Waals surface area contributed by atoms with Gasteiger partial charge in [-0.25, -0.2) is 0 Å². The summed E-state index contributed by atoms with van der Waals surface area (Å²) in [7, 11) is -3.37. The van der Waals surface area contributed by atoms with Crippen LogP contribution >= 0.6 is 7.60 Å². The number of nitrogens with zero attached hydrogens (tertiary/aromatic N) is 1. The van der Waals surface area contributed by atoms with Gasteiger partial charge in [0.05, 0.1) is 37.8 Å². The molecule has 0 amide bonds. The molecular weight excluding hydrogens is 357 g/mol. The quantitative estimate of drug-likeness (QED) is 0.693. The van der Waals surface area contributed by atoms with Crippen LogP contribution in [0, 0.1) is 6.92 Å². The molecule has 1 unspecified atom stereocenters. The number of ether oxygens (including phenoxy) is 2. The molecule has 0 saturated carbocycles. The summed E-state index contributed by atoms with van der Waals surface area (Å²) >= 11 is 0.